The van der Waals surface area contributed by atoms with Gasteiger partial charge in [-0.2, -0.15) is 0 Å². The number of anilines is 1. The Bertz CT molecular complexity index is 953. The summed E-state index contributed by atoms with van der Waals surface area (Å²) in [6, 6.07) is 7.64. The molecule has 25 heavy (non-hydrogen) atoms. The lowest BCUT2D eigenvalue weighted by Gasteiger charge is -2.27. The van der Waals surface area contributed by atoms with Gasteiger partial charge in [0.2, 0.25) is 5.91 Å². The Labute approximate surface area is 149 Å². The molecule has 0 atom stereocenters. The third-order valence-electron chi connectivity index (χ3n) is 4.51. The van der Waals surface area contributed by atoms with Crippen LogP contribution in [-0.2, 0) is 24.2 Å². The molecule has 3 heterocycles. The first-order chi connectivity index (χ1) is 12.2. The van der Waals surface area contributed by atoms with Crippen LogP contribution in [0.5, 0.6) is 5.75 Å². The van der Waals surface area contributed by atoms with Gasteiger partial charge in [-0.15, -0.1) is 11.3 Å². The maximum Gasteiger partial charge on any atom is 0.227 e. The lowest BCUT2D eigenvalue weighted by atomic mass is 10.0. The Hall–Kier alpha value is -2.67. The van der Waals surface area contributed by atoms with E-state index in [1.54, 1.807) is 18.4 Å². The highest BCUT2D eigenvalue weighted by atomic mass is 32.1. The number of benzene rings is 1. The summed E-state index contributed by atoms with van der Waals surface area (Å²) in [6.07, 6.45) is 2.65. The zero-order valence-corrected chi connectivity index (χ0v) is 14.7. The second-order valence-electron chi connectivity index (χ2n) is 6.04. The van der Waals surface area contributed by atoms with E-state index in [4.69, 9.17) is 10.5 Å². The van der Waals surface area contributed by atoms with E-state index in [0.717, 1.165) is 32.8 Å². The molecule has 1 aliphatic rings. The molecule has 0 bridgehead atoms. The quantitative estimate of drug-likeness (QED) is 0.781. The first-order valence-electron chi connectivity index (χ1n) is 8.07. The number of hydrogen-bond acceptors (Lipinski definition) is 6. The van der Waals surface area contributed by atoms with E-state index in [1.165, 1.54) is 11.9 Å². The van der Waals surface area contributed by atoms with Crippen molar-refractivity contribution in [3.63, 3.8) is 0 Å². The van der Waals surface area contributed by atoms with Crippen molar-refractivity contribution in [2.24, 2.45) is 0 Å². The predicted octanol–water partition coefficient (Wildman–Crippen LogP) is 2.41. The molecular formula is C18H18N4O2S. The lowest BCUT2D eigenvalue weighted by Crippen LogP contribution is -2.36. The molecule has 3 aromatic rings. The highest BCUT2D eigenvalue weighted by Crippen LogP contribution is 2.36. The fourth-order valence-electron chi connectivity index (χ4n) is 3.23. The highest BCUT2D eigenvalue weighted by Gasteiger charge is 2.25. The van der Waals surface area contributed by atoms with E-state index in [-0.39, 0.29) is 5.91 Å². The Morgan fingerprint density at radius 1 is 1.40 bits per heavy atom. The fourth-order valence-corrected chi connectivity index (χ4v) is 4.44. The molecule has 2 N–H and O–H groups in total. The van der Waals surface area contributed by atoms with Gasteiger partial charge in [-0.3, -0.25) is 4.79 Å². The summed E-state index contributed by atoms with van der Waals surface area (Å²) in [5.41, 5.74) is 8.17. The number of amides is 1. The van der Waals surface area contributed by atoms with Crippen molar-refractivity contribution in [2.45, 2.75) is 19.4 Å². The maximum atomic E-state index is 12.7. The van der Waals surface area contributed by atoms with Crippen molar-refractivity contribution >= 4 is 33.3 Å². The van der Waals surface area contributed by atoms with Crippen LogP contribution >= 0.6 is 11.3 Å². The van der Waals surface area contributed by atoms with Gasteiger partial charge in [-0.1, -0.05) is 12.1 Å². The van der Waals surface area contributed by atoms with Crippen LogP contribution in [0.2, 0.25) is 0 Å². The Morgan fingerprint density at radius 2 is 2.28 bits per heavy atom. The molecule has 0 saturated heterocycles. The molecule has 2 aromatic heterocycles. The number of ether oxygens (including phenoxy) is 1. The molecular weight excluding hydrogens is 336 g/mol. The number of hydrogen-bond donors (Lipinski definition) is 1. The van der Waals surface area contributed by atoms with Crippen LogP contribution in [0.25, 0.3) is 10.2 Å². The van der Waals surface area contributed by atoms with Crippen LogP contribution < -0.4 is 10.5 Å². The summed E-state index contributed by atoms with van der Waals surface area (Å²) in [7, 11) is 1.63. The number of methoxy groups -OCH3 is 1. The topological polar surface area (TPSA) is 81.3 Å². The molecule has 0 saturated carbocycles. The normalized spacial score (nSPS) is 13.7. The number of carbonyl (C=O) groups excluding carboxylic acids is 1. The SMILES string of the molecule is COc1cccc(CC(=O)N2CCc3c(sc4ncnc(N)c34)C2)c1. The van der Waals surface area contributed by atoms with Crippen LogP contribution in [-0.4, -0.2) is 34.4 Å². The van der Waals surface area contributed by atoms with Crippen LogP contribution in [0.15, 0.2) is 30.6 Å². The minimum Gasteiger partial charge on any atom is -0.497 e. The number of aromatic nitrogens is 2. The van der Waals surface area contributed by atoms with Crippen molar-refractivity contribution in [3.8, 4) is 5.75 Å². The van der Waals surface area contributed by atoms with E-state index in [0.29, 0.717) is 25.3 Å². The van der Waals surface area contributed by atoms with E-state index >= 15 is 0 Å². The number of nitrogens with zero attached hydrogens (tertiary/aromatic N) is 3. The van der Waals surface area contributed by atoms with E-state index in [2.05, 4.69) is 9.97 Å². The molecule has 0 spiro atoms. The zero-order valence-electron chi connectivity index (χ0n) is 13.9. The zero-order chi connectivity index (χ0) is 17.4. The van der Waals surface area contributed by atoms with E-state index in [9.17, 15) is 4.79 Å². The third kappa shape index (κ3) is 2.91. The lowest BCUT2D eigenvalue weighted by molar-refractivity contribution is -0.131. The molecule has 0 unspecified atom stereocenters. The van der Waals surface area contributed by atoms with Gasteiger partial charge >= 0.3 is 0 Å². The van der Waals surface area contributed by atoms with Crippen LogP contribution in [0.1, 0.15) is 16.0 Å². The summed E-state index contributed by atoms with van der Waals surface area (Å²) in [4.78, 5) is 25.1. The minimum atomic E-state index is 0.121. The van der Waals surface area contributed by atoms with Gasteiger partial charge < -0.3 is 15.4 Å². The summed E-state index contributed by atoms with van der Waals surface area (Å²) in [5.74, 6) is 1.42. The monoisotopic (exact) mass is 354 g/mol. The molecule has 0 aliphatic carbocycles. The van der Waals surface area contributed by atoms with Gasteiger partial charge in [-0.25, -0.2) is 9.97 Å². The molecule has 1 aromatic carbocycles. The smallest absolute Gasteiger partial charge is 0.227 e. The van der Waals surface area contributed by atoms with Crippen LogP contribution in [0.4, 0.5) is 5.82 Å². The number of fused-ring (bicyclic) bond motifs is 3. The molecule has 0 fully saturated rings. The predicted molar refractivity (Wildman–Crippen MR) is 97.6 cm³/mol. The average molecular weight is 354 g/mol. The van der Waals surface area contributed by atoms with Gasteiger partial charge in [0, 0.05) is 11.4 Å². The van der Waals surface area contributed by atoms with Crippen molar-refractivity contribution in [1.29, 1.82) is 0 Å². The highest BCUT2D eigenvalue weighted by molar-refractivity contribution is 7.19. The Balaban J connectivity index is 1.54. The number of rotatable bonds is 3. The third-order valence-corrected chi connectivity index (χ3v) is 5.63. The molecule has 0 radical (unpaired) electrons. The molecule has 6 nitrogen and oxygen atoms in total. The van der Waals surface area contributed by atoms with Gasteiger partial charge in [0.15, 0.2) is 0 Å². The summed E-state index contributed by atoms with van der Waals surface area (Å²) >= 11 is 1.60. The van der Waals surface area contributed by atoms with Gasteiger partial charge in [-0.05, 0) is 29.7 Å². The molecule has 128 valence electrons. The molecule has 1 aliphatic heterocycles. The number of thiophene rings is 1. The molecule has 7 heteroatoms. The van der Waals surface area contributed by atoms with Crippen molar-refractivity contribution in [3.05, 3.63) is 46.6 Å². The number of nitrogens with two attached hydrogens (primary N) is 1. The average Bonchev–Trinajstić information content (AvgIpc) is 3.00. The van der Waals surface area contributed by atoms with Crippen molar-refractivity contribution < 1.29 is 9.53 Å². The second-order valence-corrected chi connectivity index (χ2v) is 7.12. The summed E-state index contributed by atoms with van der Waals surface area (Å²) in [5, 5.41) is 0.961. The first kappa shape index (κ1) is 15.8. The van der Waals surface area contributed by atoms with Gasteiger partial charge in [0.25, 0.3) is 0 Å². The summed E-state index contributed by atoms with van der Waals surface area (Å²) in [6.45, 7) is 1.30. The number of nitrogen functional groups attached to an aromatic ring is 1. The van der Waals surface area contributed by atoms with E-state index < -0.39 is 0 Å². The summed E-state index contributed by atoms with van der Waals surface area (Å²) < 4.78 is 5.23. The van der Waals surface area contributed by atoms with Gasteiger partial charge in [0.05, 0.1) is 25.5 Å². The largest absolute Gasteiger partial charge is 0.497 e. The Kier molecular flexibility index (Phi) is 4.01. The molecule has 1 amide bonds. The fraction of sp³-hybridized carbons (Fsp3) is 0.278. The van der Waals surface area contributed by atoms with Crippen molar-refractivity contribution in [1.82, 2.24) is 14.9 Å². The number of carbonyl (C=O) groups is 1. The maximum absolute atomic E-state index is 12.7. The standard InChI is InChI=1S/C18H18N4O2S/c1-24-12-4-2-3-11(7-12)8-15(23)22-6-5-13-14(9-22)25-18-16(13)17(19)20-10-21-18/h2-4,7,10H,5-6,8-9H2,1H3,(H2,19,20,21). The van der Waals surface area contributed by atoms with Gasteiger partial charge in [0.1, 0.15) is 22.7 Å². The Morgan fingerprint density at radius 3 is 3.12 bits per heavy atom. The second kappa shape index (κ2) is 6.33. The van der Waals surface area contributed by atoms with E-state index in [1.807, 2.05) is 29.2 Å². The van der Waals surface area contributed by atoms with Crippen molar-refractivity contribution in [2.75, 3.05) is 19.4 Å². The van der Waals surface area contributed by atoms with Crippen LogP contribution in [0.3, 0.4) is 0 Å². The van der Waals surface area contributed by atoms with Crippen LogP contribution in [0, 0.1) is 0 Å². The minimum absolute atomic E-state index is 0.121. The molecule has 4 rings (SSSR count). The first-order valence-corrected chi connectivity index (χ1v) is 8.89.